The van der Waals surface area contributed by atoms with E-state index in [1.54, 1.807) is 19.1 Å². The van der Waals surface area contributed by atoms with Crippen LogP contribution >= 0.6 is 0 Å². The molecule has 34 heavy (non-hydrogen) atoms. The van der Waals surface area contributed by atoms with Gasteiger partial charge in [-0.15, -0.1) is 0 Å². The molecule has 0 bridgehead atoms. The fourth-order valence-electron chi connectivity index (χ4n) is 4.29. The summed E-state index contributed by atoms with van der Waals surface area (Å²) in [7, 11) is 0. The van der Waals surface area contributed by atoms with E-state index in [1.165, 1.54) is 24.0 Å². The fourth-order valence-corrected chi connectivity index (χ4v) is 4.29. The first-order valence-corrected chi connectivity index (χ1v) is 11.7. The lowest BCUT2D eigenvalue weighted by Gasteiger charge is -2.24. The van der Waals surface area contributed by atoms with E-state index in [1.807, 2.05) is 66.9 Å². The van der Waals surface area contributed by atoms with Crippen LogP contribution in [0.1, 0.15) is 47.4 Å². The van der Waals surface area contributed by atoms with Crippen LogP contribution in [0.3, 0.4) is 0 Å². The lowest BCUT2D eigenvalue weighted by atomic mass is 10.1. The van der Waals surface area contributed by atoms with Crippen molar-refractivity contribution < 1.29 is 9.90 Å². The van der Waals surface area contributed by atoms with E-state index < -0.39 is 0 Å². The minimum absolute atomic E-state index is 0.120. The average molecular weight is 451 g/mol. The van der Waals surface area contributed by atoms with Gasteiger partial charge in [-0.05, 0) is 67.3 Å². The molecule has 4 aromatic rings. The van der Waals surface area contributed by atoms with E-state index in [4.69, 9.17) is 5.11 Å². The number of likely N-dealkylation sites (tertiary alicyclic amines) is 1. The number of ketones is 1. The first-order chi connectivity index (χ1) is 16.6. The summed E-state index contributed by atoms with van der Waals surface area (Å²) in [5, 5.41) is 9.10. The van der Waals surface area contributed by atoms with Crippen LogP contribution in [0.4, 0.5) is 0 Å². The van der Waals surface area contributed by atoms with Crippen LogP contribution < -0.4 is 0 Å². The number of phenolic OH excluding ortho intramolecular Hbond substituents is 1. The van der Waals surface area contributed by atoms with Gasteiger partial charge in [0.05, 0.1) is 11.7 Å². The molecule has 1 aliphatic rings. The molecule has 2 heterocycles. The Kier molecular flexibility index (Phi) is 7.84. The lowest BCUT2D eigenvalue weighted by molar-refractivity contribution is 0.101. The molecule has 3 aromatic carbocycles. The molecule has 1 unspecified atom stereocenters. The van der Waals surface area contributed by atoms with Crippen molar-refractivity contribution in [1.29, 1.82) is 0 Å². The van der Waals surface area contributed by atoms with Crippen molar-refractivity contribution in [2.75, 3.05) is 6.54 Å². The van der Waals surface area contributed by atoms with E-state index in [0.29, 0.717) is 11.8 Å². The average Bonchev–Trinajstić information content (AvgIpc) is 3.34. The molecule has 1 N–H and O–H groups in total. The molecule has 1 saturated heterocycles. The van der Waals surface area contributed by atoms with Crippen molar-refractivity contribution in [1.82, 2.24) is 9.88 Å². The number of Topliss-reactive ketones (excluding diaryl/α,β-unsaturated/α-hetero) is 1. The monoisotopic (exact) mass is 450 g/mol. The molecule has 0 radical (unpaired) electrons. The van der Waals surface area contributed by atoms with Gasteiger partial charge in [-0.1, -0.05) is 72.8 Å². The number of hydrogen-bond donors (Lipinski definition) is 1. The summed E-state index contributed by atoms with van der Waals surface area (Å²) in [5.74, 6) is 0.425. The molecule has 1 fully saturated rings. The number of hydrogen-bond acceptors (Lipinski definition) is 4. The van der Waals surface area contributed by atoms with Gasteiger partial charge in [-0.25, -0.2) is 0 Å². The van der Waals surface area contributed by atoms with Crippen LogP contribution in [-0.2, 0) is 6.54 Å². The Hall–Kier alpha value is -3.76. The second kappa shape index (κ2) is 11.4. The number of aromatic nitrogens is 1. The highest BCUT2D eigenvalue weighted by Gasteiger charge is 2.26. The third-order valence-corrected chi connectivity index (χ3v) is 6.11. The van der Waals surface area contributed by atoms with Crippen LogP contribution in [-0.4, -0.2) is 27.3 Å². The Morgan fingerprint density at radius 1 is 0.882 bits per heavy atom. The summed E-state index contributed by atoms with van der Waals surface area (Å²) in [6.45, 7) is 3.63. The quantitative estimate of drug-likeness (QED) is 0.345. The number of rotatable bonds is 5. The number of pyridine rings is 1. The highest BCUT2D eigenvalue weighted by molar-refractivity contribution is 5.94. The van der Waals surface area contributed by atoms with Crippen molar-refractivity contribution in [2.24, 2.45) is 0 Å². The molecule has 0 aliphatic carbocycles. The summed E-state index contributed by atoms with van der Waals surface area (Å²) in [5.41, 5.74) is 5.49. The predicted octanol–water partition coefficient (Wildman–Crippen LogP) is 6.68. The fraction of sp³-hybridized carbons (Fsp3) is 0.200. The molecule has 4 heteroatoms. The molecule has 172 valence electrons. The van der Waals surface area contributed by atoms with Crippen molar-refractivity contribution in [3.8, 4) is 16.9 Å². The summed E-state index contributed by atoms with van der Waals surface area (Å²) in [6, 6.07) is 31.8. The van der Waals surface area contributed by atoms with Gasteiger partial charge in [0, 0.05) is 18.3 Å². The zero-order chi connectivity index (χ0) is 23.8. The molecule has 1 aromatic heterocycles. The number of nitrogens with zero attached hydrogens (tertiary/aromatic N) is 2. The Bertz CT molecular complexity index is 1170. The minimum atomic E-state index is 0.120. The maximum absolute atomic E-state index is 11.3. The molecule has 0 saturated carbocycles. The standard InChI is InChI=1S/C18H20N2O.C12H10O/c1-14(21)16-9-7-15(8-10-16)13-20-12-4-6-18(20)17-5-2-3-11-19-17;13-12-8-6-11(7-9-12)10-4-2-1-3-5-10/h2-3,5,7-11,18H,4,6,12-13H2,1H3;1-9,13H. The molecular weight excluding hydrogens is 420 g/mol. The highest BCUT2D eigenvalue weighted by Crippen LogP contribution is 2.31. The summed E-state index contributed by atoms with van der Waals surface area (Å²) in [4.78, 5) is 18.3. The van der Waals surface area contributed by atoms with Gasteiger partial charge in [-0.2, -0.15) is 0 Å². The zero-order valence-electron chi connectivity index (χ0n) is 19.5. The smallest absolute Gasteiger partial charge is 0.159 e. The molecular formula is C30H30N2O2. The second-order valence-corrected chi connectivity index (χ2v) is 8.55. The SMILES string of the molecule is CC(=O)c1ccc(CN2CCCC2c2ccccn2)cc1.Oc1ccc(-c2ccccc2)cc1. The maximum Gasteiger partial charge on any atom is 0.159 e. The lowest BCUT2D eigenvalue weighted by Crippen LogP contribution is -2.23. The van der Waals surface area contributed by atoms with Gasteiger partial charge >= 0.3 is 0 Å². The molecule has 4 nitrogen and oxygen atoms in total. The third-order valence-electron chi connectivity index (χ3n) is 6.11. The first-order valence-electron chi connectivity index (χ1n) is 11.7. The van der Waals surface area contributed by atoms with Crippen molar-refractivity contribution in [3.05, 3.63) is 120 Å². The highest BCUT2D eigenvalue weighted by atomic mass is 16.3. The van der Waals surface area contributed by atoms with Gasteiger partial charge < -0.3 is 5.11 Å². The first kappa shape index (κ1) is 23.4. The Morgan fingerprint density at radius 3 is 2.21 bits per heavy atom. The van der Waals surface area contributed by atoms with Crippen LogP contribution in [0.15, 0.2) is 103 Å². The number of carbonyl (C=O) groups is 1. The van der Waals surface area contributed by atoms with Gasteiger partial charge in [0.1, 0.15) is 5.75 Å². The van der Waals surface area contributed by atoms with Crippen LogP contribution in [0, 0.1) is 0 Å². The van der Waals surface area contributed by atoms with E-state index in [9.17, 15) is 4.79 Å². The van der Waals surface area contributed by atoms with E-state index in [2.05, 4.69) is 34.1 Å². The molecule has 1 atom stereocenters. The summed E-state index contributed by atoms with van der Waals surface area (Å²) in [6.07, 6.45) is 4.25. The van der Waals surface area contributed by atoms with Crippen LogP contribution in [0.5, 0.6) is 5.75 Å². The van der Waals surface area contributed by atoms with Crippen LogP contribution in [0.25, 0.3) is 11.1 Å². The molecule has 0 amide bonds. The van der Waals surface area contributed by atoms with E-state index >= 15 is 0 Å². The van der Waals surface area contributed by atoms with Crippen molar-refractivity contribution in [2.45, 2.75) is 32.4 Å². The van der Waals surface area contributed by atoms with Crippen molar-refractivity contribution in [3.63, 3.8) is 0 Å². The van der Waals surface area contributed by atoms with Gasteiger partial charge in [0.2, 0.25) is 0 Å². The number of aromatic hydroxyl groups is 1. The normalized spacial score (nSPS) is 15.4. The second-order valence-electron chi connectivity index (χ2n) is 8.55. The predicted molar refractivity (Wildman–Crippen MR) is 137 cm³/mol. The van der Waals surface area contributed by atoms with Gasteiger partial charge in [-0.3, -0.25) is 14.7 Å². The summed E-state index contributed by atoms with van der Waals surface area (Å²) >= 11 is 0. The topological polar surface area (TPSA) is 53.4 Å². The largest absolute Gasteiger partial charge is 0.508 e. The Morgan fingerprint density at radius 2 is 1.56 bits per heavy atom. The molecule has 5 rings (SSSR count). The van der Waals surface area contributed by atoms with Gasteiger partial charge in [0.25, 0.3) is 0 Å². The zero-order valence-corrected chi connectivity index (χ0v) is 19.5. The maximum atomic E-state index is 11.3. The number of phenols is 1. The van der Waals surface area contributed by atoms with Crippen molar-refractivity contribution >= 4 is 5.78 Å². The Labute approximate surface area is 201 Å². The number of carbonyl (C=O) groups excluding carboxylic acids is 1. The van der Waals surface area contributed by atoms with Gasteiger partial charge in [0.15, 0.2) is 5.78 Å². The van der Waals surface area contributed by atoms with E-state index in [-0.39, 0.29) is 5.78 Å². The molecule has 0 spiro atoms. The summed E-state index contributed by atoms with van der Waals surface area (Å²) < 4.78 is 0. The van der Waals surface area contributed by atoms with Crippen LogP contribution in [0.2, 0.25) is 0 Å². The Balaban J connectivity index is 0.000000180. The third kappa shape index (κ3) is 6.18. The molecule has 1 aliphatic heterocycles. The number of benzene rings is 3. The minimum Gasteiger partial charge on any atom is -0.508 e. The van der Waals surface area contributed by atoms with E-state index in [0.717, 1.165) is 29.9 Å².